The van der Waals surface area contributed by atoms with Crippen LogP contribution in [0.15, 0.2) is 140 Å². The van der Waals surface area contributed by atoms with Crippen LogP contribution in [-0.4, -0.2) is 23.4 Å². The van der Waals surface area contributed by atoms with Crippen molar-refractivity contribution in [2.24, 2.45) is 0 Å². The van der Waals surface area contributed by atoms with Crippen LogP contribution in [0.1, 0.15) is 50.3 Å². The van der Waals surface area contributed by atoms with E-state index in [0.717, 1.165) is 33.4 Å². The van der Waals surface area contributed by atoms with E-state index in [-0.39, 0.29) is 18.6 Å². The van der Waals surface area contributed by atoms with E-state index in [1.807, 2.05) is 0 Å². The molecule has 2 heteroatoms. The maximum absolute atomic E-state index is 11.5. The second-order valence-corrected chi connectivity index (χ2v) is 16.2. The van der Waals surface area contributed by atoms with Crippen molar-refractivity contribution in [1.82, 2.24) is 0 Å². The minimum Gasteiger partial charge on any atom is -0.396 e. The van der Waals surface area contributed by atoms with Crippen LogP contribution in [0.4, 0.5) is 0 Å². The zero-order chi connectivity index (χ0) is 36.1. The topological polar surface area (TPSA) is 40.5 Å². The third-order valence-corrected chi connectivity index (χ3v) is 12.2. The zero-order valence-corrected chi connectivity index (χ0v) is 30.5. The average Bonchev–Trinajstić information content (AvgIpc) is 3.46. The van der Waals surface area contributed by atoms with Gasteiger partial charge in [-0.2, -0.15) is 0 Å². The molecule has 0 radical (unpaired) electrons. The lowest BCUT2D eigenvalue weighted by Gasteiger charge is -2.30. The summed E-state index contributed by atoms with van der Waals surface area (Å²) in [5.41, 5.74) is 10.1. The molecule has 2 N–H and O–H groups in total. The lowest BCUT2D eigenvalue weighted by atomic mass is 9.74. The van der Waals surface area contributed by atoms with Gasteiger partial charge in [0.2, 0.25) is 0 Å². The van der Waals surface area contributed by atoms with Crippen LogP contribution in [0, 0.1) is 0 Å². The minimum atomic E-state index is -0.640. The number of aliphatic hydroxyl groups excluding tert-OH is 2. The first-order valence-electron chi connectivity index (χ1n) is 18.9. The Bertz CT molecular complexity index is 2890. The maximum Gasteiger partial charge on any atom is 0.0569 e. The Morgan fingerprint density at radius 2 is 1.06 bits per heavy atom. The second kappa shape index (κ2) is 11.7. The van der Waals surface area contributed by atoms with Crippen molar-refractivity contribution in [2.75, 3.05) is 13.2 Å². The largest absolute Gasteiger partial charge is 0.396 e. The van der Waals surface area contributed by atoms with Gasteiger partial charge < -0.3 is 10.2 Å². The molecule has 1 atom stereocenters. The molecule has 1 aliphatic rings. The summed E-state index contributed by atoms with van der Waals surface area (Å²) in [5, 5.41) is 34.3. The molecule has 9 aromatic rings. The summed E-state index contributed by atoms with van der Waals surface area (Å²) in [6.07, 6.45) is 1.25. The molecule has 0 aromatic heterocycles. The third-order valence-electron chi connectivity index (χ3n) is 12.2. The Morgan fingerprint density at radius 3 is 1.74 bits per heavy atom. The molecule has 10 rings (SSSR count). The number of aliphatic hydroxyl groups is 2. The predicted octanol–water partition coefficient (Wildman–Crippen LogP) is 12.6. The van der Waals surface area contributed by atoms with Gasteiger partial charge in [-0.3, -0.25) is 0 Å². The van der Waals surface area contributed by atoms with E-state index in [1.54, 1.807) is 0 Å². The van der Waals surface area contributed by atoms with Crippen molar-refractivity contribution in [2.45, 2.75) is 44.4 Å². The van der Waals surface area contributed by atoms with Gasteiger partial charge >= 0.3 is 0 Å². The van der Waals surface area contributed by atoms with Crippen molar-refractivity contribution in [3.05, 3.63) is 156 Å². The van der Waals surface area contributed by atoms with Gasteiger partial charge in [-0.15, -0.1) is 0 Å². The first-order valence-corrected chi connectivity index (χ1v) is 18.9. The van der Waals surface area contributed by atoms with Gasteiger partial charge in [0.25, 0.3) is 0 Å². The van der Waals surface area contributed by atoms with Crippen molar-refractivity contribution >= 4 is 53.9 Å². The number of hydrogen-bond donors (Lipinski definition) is 2. The van der Waals surface area contributed by atoms with Crippen LogP contribution in [0.3, 0.4) is 0 Å². The summed E-state index contributed by atoms with van der Waals surface area (Å²) in [4.78, 5) is 0. The highest BCUT2D eigenvalue weighted by Gasteiger charge is 2.43. The number of rotatable bonds is 6. The van der Waals surface area contributed by atoms with Gasteiger partial charge in [0.1, 0.15) is 0 Å². The zero-order valence-electron chi connectivity index (χ0n) is 30.5. The number of benzene rings is 9. The monoisotopic (exact) mass is 686 g/mol. The molecule has 0 aliphatic heterocycles. The standard InChI is InChI=1S/C51H42O2/c1-50(2,3)37-25-35-14-13-31-15-19-39(44-22-18-36(26-37)48(35)49(31)44)33-16-20-42-43-21-17-34(29-47(43)51(30-53,23-8-24-52)46(42)28-33)45-27-32-9-4-5-10-38(32)40-11-6-7-12-41(40)45/h4-7,9-22,25-29,52-53H,8,23-24,30H2,1-3H3. The minimum absolute atomic E-state index is 0.0348. The van der Waals surface area contributed by atoms with E-state index in [0.29, 0.717) is 12.8 Å². The third kappa shape index (κ3) is 4.72. The fourth-order valence-electron chi connectivity index (χ4n) is 9.53. The van der Waals surface area contributed by atoms with Gasteiger partial charge in [0.15, 0.2) is 0 Å². The van der Waals surface area contributed by atoms with Crippen LogP contribution in [0.5, 0.6) is 0 Å². The molecule has 0 bridgehead atoms. The highest BCUT2D eigenvalue weighted by atomic mass is 16.3. The highest BCUT2D eigenvalue weighted by Crippen LogP contribution is 2.54. The van der Waals surface area contributed by atoms with Crippen molar-refractivity contribution < 1.29 is 10.2 Å². The Kier molecular flexibility index (Phi) is 7.11. The summed E-state index contributed by atoms with van der Waals surface area (Å²) in [6, 6.07) is 51.7. The summed E-state index contributed by atoms with van der Waals surface area (Å²) < 4.78 is 0. The quantitative estimate of drug-likeness (QED) is 0.171. The van der Waals surface area contributed by atoms with E-state index in [9.17, 15) is 10.2 Å². The lowest BCUT2D eigenvalue weighted by molar-refractivity contribution is 0.197. The smallest absolute Gasteiger partial charge is 0.0569 e. The maximum atomic E-state index is 11.5. The molecule has 1 unspecified atom stereocenters. The fourth-order valence-corrected chi connectivity index (χ4v) is 9.53. The summed E-state index contributed by atoms with van der Waals surface area (Å²) in [7, 11) is 0. The van der Waals surface area contributed by atoms with Crippen LogP contribution in [0.25, 0.3) is 87.2 Å². The summed E-state index contributed by atoms with van der Waals surface area (Å²) >= 11 is 0. The van der Waals surface area contributed by atoms with Crippen molar-refractivity contribution in [3.63, 3.8) is 0 Å². The van der Waals surface area contributed by atoms with Gasteiger partial charge in [-0.05, 0) is 140 Å². The van der Waals surface area contributed by atoms with Gasteiger partial charge in [0.05, 0.1) is 6.61 Å². The van der Waals surface area contributed by atoms with Gasteiger partial charge in [-0.1, -0.05) is 142 Å². The SMILES string of the molecule is CC(C)(C)c1cc2ccc3ccc(-c4ccc5c(c4)C(CO)(CCCO)c4cc(-c6cc7ccccc7c7ccccc67)ccc4-5)c4ccc(c1)c2c34. The van der Waals surface area contributed by atoms with Gasteiger partial charge in [-0.25, -0.2) is 0 Å². The molecule has 0 saturated carbocycles. The molecular weight excluding hydrogens is 645 g/mol. The normalized spacial score (nSPS) is 15.6. The second-order valence-electron chi connectivity index (χ2n) is 16.2. The molecule has 0 amide bonds. The molecule has 53 heavy (non-hydrogen) atoms. The Hall–Kier alpha value is -5.54. The van der Waals surface area contributed by atoms with E-state index in [1.165, 1.54) is 70.6 Å². The molecule has 2 nitrogen and oxygen atoms in total. The van der Waals surface area contributed by atoms with E-state index < -0.39 is 5.41 Å². The van der Waals surface area contributed by atoms with E-state index in [4.69, 9.17) is 0 Å². The highest BCUT2D eigenvalue weighted by molar-refractivity contribution is 6.25. The van der Waals surface area contributed by atoms with E-state index in [2.05, 4.69) is 160 Å². The molecule has 0 fully saturated rings. The van der Waals surface area contributed by atoms with E-state index >= 15 is 0 Å². The average molecular weight is 687 g/mol. The molecule has 0 spiro atoms. The molecule has 258 valence electrons. The Labute approximate surface area is 310 Å². The van der Waals surface area contributed by atoms with Crippen molar-refractivity contribution in [3.8, 4) is 33.4 Å². The molecule has 0 heterocycles. The predicted molar refractivity (Wildman–Crippen MR) is 224 cm³/mol. The van der Waals surface area contributed by atoms with Crippen molar-refractivity contribution in [1.29, 1.82) is 0 Å². The van der Waals surface area contributed by atoms with Gasteiger partial charge in [0, 0.05) is 12.0 Å². The molecule has 9 aromatic carbocycles. The fraction of sp³-hybridized carbons (Fsp3) is 0.176. The van der Waals surface area contributed by atoms with Crippen LogP contribution >= 0.6 is 0 Å². The van der Waals surface area contributed by atoms with Crippen LogP contribution < -0.4 is 0 Å². The first kappa shape index (κ1) is 32.1. The first-order chi connectivity index (χ1) is 25.8. The van der Waals surface area contributed by atoms with Crippen LogP contribution in [-0.2, 0) is 10.8 Å². The summed E-state index contributed by atoms with van der Waals surface area (Å²) in [6.45, 7) is 6.88. The number of fused-ring (bicyclic) bond motifs is 6. The van der Waals surface area contributed by atoms with Crippen LogP contribution in [0.2, 0.25) is 0 Å². The molecule has 1 aliphatic carbocycles. The Balaban J connectivity index is 1.16. The summed E-state index contributed by atoms with van der Waals surface area (Å²) in [5.74, 6) is 0. The molecule has 0 saturated heterocycles. The molecular formula is C51H42O2. The number of hydrogen-bond acceptors (Lipinski definition) is 2. The Morgan fingerprint density at radius 1 is 0.472 bits per heavy atom. The lowest BCUT2D eigenvalue weighted by Crippen LogP contribution is -2.30.